The Bertz CT molecular complexity index is 273. The number of ether oxygens (including phenoxy) is 1. The van der Waals surface area contributed by atoms with Crippen LogP contribution in [0.5, 0.6) is 5.75 Å². The molecule has 61 valence electrons. The largest absolute Gasteiger partial charge is 0.489 e. The van der Waals surface area contributed by atoms with Crippen LogP contribution in [0.15, 0.2) is 30.3 Å². The van der Waals surface area contributed by atoms with Crippen LogP contribution in [0.1, 0.15) is 5.56 Å². The summed E-state index contributed by atoms with van der Waals surface area (Å²) in [6.45, 7) is 0.705. The van der Waals surface area contributed by atoms with Gasteiger partial charge < -0.3 is 4.74 Å². The molecule has 0 saturated carbocycles. The summed E-state index contributed by atoms with van der Waals surface area (Å²) in [5.41, 5.74) is 1.17. The third kappa shape index (κ3) is 2.44. The minimum absolute atomic E-state index is 0. The number of benzene rings is 1. The van der Waals surface area contributed by atoms with Crippen molar-refractivity contribution in [1.29, 1.82) is 0 Å². The molecule has 0 unspecified atom stereocenters. The maximum atomic E-state index is 5.34. The van der Waals surface area contributed by atoms with Crippen molar-refractivity contribution < 1.29 is 41.0 Å². The van der Waals surface area contributed by atoms with Gasteiger partial charge in [-0.05, 0) is 12.1 Å². The summed E-state index contributed by atoms with van der Waals surface area (Å²) in [6, 6.07) is 8.03. The zero-order valence-electron chi connectivity index (χ0n) is 6.62. The average Bonchev–Trinajstić information content (AvgIpc) is 2.05. The van der Waals surface area contributed by atoms with Gasteiger partial charge in [-0.3, -0.25) is 0 Å². The first-order valence-electron chi connectivity index (χ1n) is 3.35. The molecule has 0 aliphatic carbocycles. The summed E-state index contributed by atoms with van der Waals surface area (Å²) in [7, 11) is 0. The van der Waals surface area contributed by atoms with Crippen molar-refractivity contribution in [1.82, 2.24) is 0 Å². The summed E-state index contributed by atoms with van der Waals surface area (Å²) in [5, 5.41) is 0. The van der Waals surface area contributed by atoms with Crippen molar-refractivity contribution >= 4 is 6.08 Å². The molecule has 0 spiro atoms. The van der Waals surface area contributed by atoms with Gasteiger partial charge in [-0.25, -0.2) is 0 Å². The molecule has 0 N–H and O–H groups in total. The normalized spacial score (nSPS) is 11.7. The van der Waals surface area contributed by atoms with E-state index in [9.17, 15) is 0 Å². The Kier molecular flexibility index (Phi) is 5.47. The predicted molar refractivity (Wildman–Crippen MR) is 41.0 cm³/mol. The Morgan fingerprint density at radius 1 is 1.17 bits per heavy atom. The number of hydrogen-bond donors (Lipinski definition) is 0. The van der Waals surface area contributed by atoms with Crippen LogP contribution in [-0.2, 0) is 36.3 Å². The Morgan fingerprint density at radius 3 is 2.67 bits per heavy atom. The second-order valence-corrected chi connectivity index (χ2v) is 2.25. The molecule has 3 heteroatoms. The third-order valence-electron chi connectivity index (χ3n) is 1.55. The molecule has 0 fully saturated rings. The maximum Gasteiger partial charge on any atom is 0.126 e. The summed E-state index contributed by atoms with van der Waals surface area (Å²) >= 11 is 0. The van der Waals surface area contributed by atoms with E-state index >= 15 is 0 Å². The Morgan fingerprint density at radius 2 is 1.92 bits per heavy atom. The van der Waals surface area contributed by atoms with Crippen molar-refractivity contribution in [2.75, 3.05) is 6.61 Å². The molecule has 0 bridgehead atoms. The first-order chi connectivity index (χ1) is 4.97. The maximum absolute atomic E-state index is 5.34. The van der Waals surface area contributed by atoms with Gasteiger partial charge in [0.1, 0.15) is 12.4 Å². The number of fused-ring (bicyclic) bond motifs is 1. The Balaban J connectivity index is 0.000000605. The van der Waals surface area contributed by atoms with E-state index in [-0.39, 0.29) is 36.3 Å². The fourth-order valence-electron chi connectivity index (χ4n) is 1.06. The van der Waals surface area contributed by atoms with Crippen molar-refractivity contribution in [3.05, 3.63) is 35.9 Å². The molecule has 12 heavy (non-hydrogen) atoms. The van der Waals surface area contributed by atoms with Crippen molar-refractivity contribution in [2.24, 2.45) is 0 Å². The zero-order valence-corrected chi connectivity index (χ0v) is 10.6. The molecule has 2 rings (SSSR count). The molecule has 0 aromatic heterocycles. The molecule has 1 aromatic carbocycles. The van der Waals surface area contributed by atoms with Crippen LogP contribution >= 0.6 is 0 Å². The van der Waals surface area contributed by atoms with Gasteiger partial charge in [-0.15, -0.1) is 0 Å². The van der Waals surface area contributed by atoms with Crippen LogP contribution in [0, 0.1) is 0 Å². The number of hydrogen-bond acceptors (Lipinski definition) is 1. The van der Waals surface area contributed by atoms with Gasteiger partial charge >= 0.3 is 0 Å². The second kappa shape index (κ2) is 5.52. The van der Waals surface area contributed by atoms with E-state index in [1.54, 1.807) is 0 Å². The van der Waals surface area contributed by atoms with E-state index in [4.69, 9.17) is 4.74 Å². The van der Waals surface area contributed by atoms with Gasteiger partial charge in [-0.2, -0.15) is 0 Å². The fraction of sp³-hybridized carbons (Fsp3) is 0.111. The Labute approximate surface area is 95.1 Å². The van der Waals surface area contributed by atoms with Gasteiger partial charge in [0.15, 0.2) is 0 Å². The van der Waals surface area contributed by atoms with E-state index < -0.39 is 0 Å². The summed E-state index contributed by atoms with van der Waals surface area (Å²) in [4.78, 5) is 0. The van der Waals surface area contributed by atoms with Crippen molar-refractivity contribution in [3.8, 4) is 5.75 Å². The molecule has 1 aliphatic rings. The molecule has 0 amide bonds. The molecule has 0 atom stereocenters. The van der Waals surface area contributed by atoms with Crippen LogP contribution in [0.2, 0.25) is 0 Å². The molecule has 1 nitrogen and oxygen atoms in total. The molecular weight excluding hydrogens is 248 g/mol. The van der Waals surface area contributed by atoms with Crippen LogP contribution in [0.4, 0.5) is 0 Å². The first kappa shape index (κ1) is 11.9. The van der Waals surface area contributed by atoms with E-state index in [1.165, 1.54) is 5.56 Å². The van der Waals surface area contributed by atoms with E-state index in [0.717, 1.165) is 5.75 Å². The van der Waals surface area contributed by atoms with Gasteiger partial charge in [0, 0.05) is 41.8 Å². The van der Waals surface area contributed by atoms with Crippen LogP contribution < -0.4 is 4.74 Å². The minimum Gasteiger partial charge on any atom is -0.489 e. The second-order valence-electron chi connectivity index (χ2n) is 2.25. The Hall–Kier alpha value is -0.110. The van der Waals surface area contributed by atoms with E-state index in [0.29, 0.717) is 6.61 Å². The van der Waals surface area contributed by atoms with E-state index in [2.05, 4.69) is 6.08 Å². The van der Waals surface area contributed by atoms with Gasteiger partial charge in [0.2, 0.25) is 0 Å². The van der Waals surface area contributed by atoms with Gasteiger partial charge in [0.25, 0.3) is 0 Å². The number of rotatable bonds is 0. The minimum atomic E-state index is 0. The van der Waals surface area contributed by atoms with Crippen molar-refractivity contribution in [2.45, 2.75) is 0 Å². The average molecular weight is 256 g/mol. The first-order valence-corrected chi connectivity index (χ1v) is 3.35. The molecule has 1 aliphatic heterocycles. The summed E-state index contributed by atoms with van der Waals surface area (Å²) in [5.74, 6) is 0.991. The topological polar surface area (TPSA) is 9.23 Å². The van der Waals surface area contributed by atoms with Crippen LogP contribution in [0.25, 0.3) is 6.08 Å². The van der Waals surface area contributed by atoms with Gasteiger partial charge in [-0.1, -0.05) is 24.3 Å². The molecule has 1 aromatic rings. The monoisotopic (exact) mass is 255 g/mol. The molecule has 1 radical (unpaired) electrons. The fourth-order valence-corrected chi connectivity index (χ4v) is 1.06. The quantitative estimate of drug-likeness (QED) is 0.646. The molecular formula is C9H8CoOZn. The molecule has 1 heterocycles. The third-order valence-corrected chi connectivity index (χ3v) is 1.55. The van der Waals surface area contributed by atoms with Crippen LogP contribution in [0.3, 0.4) is 0 Å². The van der Waals surface area contributed by atoms with Crippen LogP contribution in [-0.4, -0.2) is 6.61 Å². The predicted octanol–water partition coefficient (Wildman–Crippen LogP) is 2.09. The SMILES string of the molecule is C1=Cc2ccccc2OC1.[Co].[Zn]. The van der Waals surface area contributed by atoms with Gasteiger partial charge in [0.05, 0.1) is 0 Å². The smallest absolute Gasteiger partial charge is 0.126 e. The number of para-hydroxylation sites is 1. The zero-order chi connectivity index (χ0) is 6.81. The van der Waals surface area contributed by atoms with E-state index in [1.807, 2.05) is 30.3 Å². The summed E-state index contributed by atoms with van der Waals surface area (Å²) < 4.78 is 5.34. The molecule has 0 saturated heterocycles. The summed E-state index contributed by atoms with van der Waals surface area (Å²) in [6.07, 6.45) is 4.10. The standard InChI is InChI=1S/C9H8O.Co.Zn/c1-2-6-9-8(4-1)5-3-7-10-9;;/h1-6H,7H2;;. The van der Waals surface area contributed by atoms with Crippen molar-refractivity contribution in [3.63, 3.8) is 0 Å².